The molecule has 5 heterocycles. The van der Waals surface area contributed by atoms with Crippen molar-refractivity contribution in [3.63, 3.8) is 0 Å². The molecule has 4 fully saturated rings. The number of H-pyrrole nitrogens is 1. The predicted octanol–water partition coefficient (Wildman–Crippen LogP) is 8.14. The number of carboxylic acids is 5. The Morgan fingerprint density at radius 2 is 0.779 bits per heavy atom. The third-order valence-electron chi connectivity index (χ3n) is 14.1. The second-order valence-corrected chi connectivity index (χ2v) is 26.2. The number of nitrogens with one attached hydrogen (secondary N) is 6. The number of amidine groups is 4. The number of carbonyl (C=O) groups excluding carboxylic acids is 6. The van der Waals surface area contributed by atoms with Gasteiger partial charge in [-0.2, -0.15) is 20.4 Å². The number of anilines is 1. The largest absolute Gasteiger partial charge is 0.481 e. The number of benzene rings is 7. The topological polar surface area (TPSA) is 473 Å². The van der Waals surface area contributed by atoms with Crippen LogP contribution in [0, 0.1) is 0 Å². The maximum Gasteiger partial charge on any atom is 0.344 e. The molecule has 0 bridgehead atoms. The summed E-state index contributed by atoms with van der Waals surface area (Å²) < 4.78 is 5.62. The molecule has 1 aromatic heterocycles. The van der Waals surface area contributed by atoms with E-state index in [9.17, 15) is 52.7 Å². The number of aliphatic carboxylic acids is 3. The number of aromatic carboxylic acids is 2. The standard InChI is InChI=1S/C23H17N3O5S.C19H16N4O4S.C14H12N4O3S.C13H11N3O5S/c27-20(28)12-19-21(29)25-23(32-19)26-24-13-15-7-2-4-11-18(15)31-22(30)17-10-5-8-14-6-1-3-9-16(14)17;24-16(21-13-7-2-1-3-8-13)10-15-17(25)22-19(28-15)23-20-11-12-6-4-5-9-14(12)18(26)27;19-12(20)5-11-13(21)17-14(22-11)18-16-7-8-6-15-10-4-2-1-3-9(8)10;17-10(18)5-9-11(19)15-13(22-9)16-14-6-7-3-1-2-4-8(7)12(20)21/h1-11,13,19H,12H2,(H,27,28)(H,25,26,29);1-9,11,15H,10H2,(H,21,24)(H,26,27)(H,22,23,25);1-4,6-7,11,15H,5H2,(H,19,20)(H,17,18,21);1-4,6,9H,5H2,(H,17,18)(H,20,21)(H,15,16,19)/b24-13+;20-11+;16-7+;14-6+. The van der Waals surface area contributed by atoms with Crippen molar-refractivity contribution in [2.45, 2.75) is 46.7 Å². The van der Waals surface area contributed by atoms with Crippen molar-refractivity contribution in [1.82, 2.24) is 26.3 Å². The fourth-order valence-corrected chi connectivity index (χ4v) is 13.0. The molecular weight excluding hydrogens is 1430 g/mol. The summed E-state index contributed by atoms with van der Waals surface area (Å²) in [4.78, 5) is 129. The zero-order chi connectivity index (χ0) is 74.1. The summed E-state index contributed by atoms with van der Waals surface area (Å²) in [5.41, 5.74) is 4.46. The molecule has 528 valence electrons. The second-order valence-electron chi connectivity index (χ2n) is 21.4. The van der Waals surface area contributed by atoms with Crippen LogP contribution in [0.2, 0.25) is 0 Å². The smallest absolute Gasteiger partial charge is 0.344 e. The highest BCUT2D eigenvalue weighted by Crippen LogP contribution is 2.28. The average molecular weight is 1480 g/mol. The molecule has 5 amide bonds. The van der Waals surface area contributed by atoms with Gasteiger partial charge in [0.25, 0.3) is 0 Å². The zero-order valence-corrected chi connectivity index (χ0v) is 56.8. The fraction of sp³-hybridized carbons (Fsp3) is 0.116. The van der Waals surface area contributed by atoms with Crippen LogP contribution in [-0.4, -0.2) is 162 Å². The molecule has 4 saturated heterocycles. The molecule has 0 aliphatic carbocycles. The molecule has 31 nitrogen and oxygen atoms in total. The molecule has 4 atom stereocenters. The van der Waals surface area contributed by atoms with Gasteiger partial charge in [-0.3, -0.25) is 38.4 Å². The van der Waals surface area contributed by atoms with Gasteiger partial charge >= 0.3 is 35.8 Å². The highest BCUT2D eigenvalue weighted by molar-refractivity contribution is 8.16. The van der Waals surface area contributed by atoms with Gasteiger partial charge in [-0.25, -0.2) is 14.4 Å². The number of nitrogens with zero attached hydrogens (tertiary/aromatic N) is 8. The first-order valence-corrected chi connectivity index (χ1v) is 34.0. The Kier molecular flexibility index (Phi) is 26.9. The van der Waals surface area contributed by atoms with Crippen molar-refractivity contribution in [3.8, 4) is 5.75 Å². The molecule has 35 heteroatoms. The number of thioether (sulfide) groups is 4. The first kappa shape index (κ1) is 75.5. The Balaban J connectivity index is 0.000000163. The number of ether oxygens (including phenoxy) is 1. The summed E-state index contributed by atoms with van der Waals surface area (Å²) in [6.45, 7) is 0. The van der Waals surface area contributed by atoms with Crippen LogP contribution in [0.1, 0.15) is 79.0 Å². The summed E-state index contributed by atoms with van der Waals surface area (Å²) in [5.74, 6) is -7.32. The first-order valence-electron chi connectivity index (χ1n) is 30.5. The van der Waals surface area contributed by atoms with E-state index >= 15 is 0 Å². The molecule has 0 spiro atoms. The number of hydrogen-bond donors (Lipinski definition) is 11. The van der Waals surface area contributed by atoms with Crippen molar-refractivity contribution in [2.75, 3.05) is 5.32 Å². The van der Waals surface area contributed by atoms with E-state index < -0.39 is 68.6 Å². The predicted molar refractivity (Wildman–Crippen MR) is 395 cm³/mol. The van der Waals surface area contributed by atoms with Crippen LogP contribution in [0.4, 0.5) is 5.69 Å². The molecule has 0 saturated carbocycles. The third kappa shape index (κ3) is 22.1. The van der Waals surface area contributed by atoms with Gasteiger partial charge < -0.3 is 61.8 Å². The number of fused-ring (bicyclic) bond motifs is 2. The Hall–Kier alpha value is -12.7. The van der Waals surface area contributed by atoms with Crippen LogP contribution < -0.4 is 31.3 Å². The van der Waals surface area contributed by atoms with E-state index in [1.807, 2.05) is 66.9 Å². The van der Waals surface area contributed by atoms with Crippen molar-refractivity contribution in [1.29, 1.82) is 0 Å². The number of esters is 1. The number of carboxylic acid groups (broad SMARTS) is 5. The van der Waals surface area contributed by atoms with E-state index in [-0.39, 0.29) is 70.0 Å². The van der Waals surface area contributed by atoms with E-state index in [0.717, 1.165) is 74.3 Å². The highest BCUT2D eigenvalue weighted by atomic mass is 32.2. The average Bonchev–Trinajstić information content (AvgIpc) is 1.21. The molecule has 11 N–H and O–H groups in total. The number of hydrogen-bond acceptors (Lipinski definition) is 24. The van der Waals surface area contributed by atoms with Crippen molar-refractivity contribution < 1.29 is 83.0 Å². The maximum absolute atomic E-state index is 12.8. The lowest BCUT2D eigenvalue weighted by Crippen LogP contribution is -2.28. The van der Waals surface area contributed by atoms with Gasteiger partial charge in [-0.15, -0.1) is 20.4 Å². The minimum Gasteiger partial charge on any atom is -0.481 e. The monoisotopic (exact) mass is 1480 g/mol. The molecule has 8 aromatic rings. The van der Waals surface area contributed by atoms with Crippen LogP contribution in [0.15, 0.2) is 217 Å². The van der Waals surface area contributed by atoms with E-state index in [1.165, 1.54) is 30.8 Å². The molecule has 4 aliphatic rings. The lowest BCUT2D eigenvalue weighted by molar-refractivity contribution is -0.138. The summed E-state index contributed by atoms with van der Waals surface area (Å²) in [5, 5.41) is 89.1. The lowest BCUT2D eigenvalue weighted by Gasteiger charge is -2.09. The number of amides is 5. The summed E-state index contributed by atoms with van der Waals surface area (Å²) in [6, 6.07) is 49.2. The van der Waals surface area contributed by atoms with Gasteiger partial charge in [0, 0.05) is 51.5 Å². The molecule has 4 aliphatic heterocycles. The maximum atomic E-state index is 12.8. The molecule has 7 aromatic carbocycles. The highest BCUT2D eigenvalue weighted by Gasteiger charge is 2.35. The Bertz CT molecular complexity index is 4900. The quantitative estimate of drug-likeness (QED) is 0.0140. The Morgan fingerprint density at radius 1 is 0.404 bits per heavy atom. The SMILES string of the molecule is O=C(CC1S/C(=N/N=C/c2ccccc2C(=O)O)NC1=O)Nc1ccccc1.O=C(O)CC1S/C(=N/N=C/c2c[nH]c3ccccc23)NC1=O.O=C(O)CC1S/C(=N/N=C/c2ccccc2C(=O)O)NC1=O.O=C(O)CC1S/C(=N/N=C/c2ccccc2OC(=O)c2cccc3ccccc23)NC1=O. The van der Waals surface area contributed by atoms with Gasteiger partial charge in [-0.1, -0.05) is 168 Å². The number of aromatic amines is 1. The van der Waals surface area contributed by atoms with E-state index in [0.29, 0.717) is 38.9 Å². The molecular formula is C69H56N14O17S4. The lowest BCUT2D eigenvalue weighted by atomic mass is 10.0. The summed E-state index contributed by atoms with van der Waals surface area (Å²) in [7, 11) is 0. The summed E-state index contributed by atoms with van der Waals surface area (Å²) >= 11 is 4.15. The molecule has 104 heavy (non-hydrogen) atoms. The van der Waals surface area contributed by atoms with Crippen LogP contribution in [-0.2, 0) is 38.4 Å². The van der Waals surface area contributed by atoms with Crippen LogP contribution in [0.3, 0.4) is 0 Å². The van der Waals surface area contributed by atoms with E-state index in [1.54, 1.807) is 103 Å². The molecule has 0 radical (unpaired) electrons. The minimum absolute atomic E-state index is 0.00399. The third-order valence-corrected chi connectivity index (χ3v) is 18.4. The van der Waals surface area contributed by atoms with Crippen LogP contribution in [0.25, 0.3) is 21.7 Å². The normalized spacial score (nSPS) is 18.4. The number of carbonyl (C=O) groups is 11. The van der Waals surface area contributed by atoms with Gasteiger partial charge in [0.15, 0.2) is 20.7 Å². The van der Waals surface area contributed by atoms with Crippen molar-refractivity contribution >= 4 is 185 Å². The number of aromatic nitrogens is 1. The van der Waals surface area contributed by atoms with E-state index in [2.05, 4.69) is 72.4 Å². The van der Waals surface area contributed by atoms with Crippen LogP contribution in [0.5, 0.6) is 5.75 Å². The van der Waals surface area contributed by atoms with Gasteiger partial charge in [0.2, 0.25) is 29.5 Å². The number of para-hydroxylation sites is 3. The van der Waals surface area contributed by atoms with E-state index in [4.69, 9.17) is 30.3 Å². The van der Waals surface area contributed by atoms with Crippen molar-refractivity contribution in [2.24, 2.45) is 40.8 Å². The van der Waals surface area contributed by atoms with Gasteiger partial charge in [-0.05, 0) is 59.3 Å². The van der Waals surface area contributed by atoms with Gasteiger partial charge in [0.1, 0.15) is 26.7 Å². The Labute approximate surface area is 604 Å². The first-order chi connectivity index (χ1) is 50.1. The molecule has 12 rings (SSSR count). The summed E-state index contributed by atoms with van der Waals surface area (Å²) in [6.07, 6.45) is 6.53. The van der Waals surface area contributed by atoms with Crippen LogP contribution >= 0.6 is 47.0 Å². The minimum atomic E-state index is -1.08. The number of rotatable bonds is 21. The molecule has 4 unspecified atom stereocenters. The van der Waals surface area contributed by atoms with Gasteiger partial charge in [0.05, 0.1) is 60.8 Å². The Morgan fingerprint density at radius 3 is 1.26 bits per heavy atom. The zero-order valence-electron chi connectivity index (χ0n) is 53.5. The van der Waals surface area contributed by atoms with Crippen molar-refractivity contribution in [3.05, 3.63) is 215 Å². The fourth-order valence-electron chi connectivity index (χ4n) is 9.35. The second kappa shape index (κ2) is 37.1.